The number of amides is 1. The SMILES string of the molecule is O=C(NCc1ccc(Cl)c(Cl)c1)c1cnc(N2CCN(C3CCN(Cc4ccc(Cl)cc4)CC3)CC2)c(Br)c1. The second-order valence-corrected chi connectivity index (χ2v) is 12.2. The zero-order valence-corrected chi connectivity index (χ0v) is 25.4. The largest absolute Gasteiger partial charge is 0.353 e. The van der Waals surface area contributed by atoms with Crippen LogP contribution >= 0.6 is 50.7 Å². The summed E-state index contributed by atoms with van der Waals surface area (Å²) in [5.74, 6) is 0.696. The number of benzene rings is 2. The fourth-order valence-corrected chi connectivity index (χ4v) is 6.36. The van der Waals surface area contributed by atoms with E-state index in [-0.39, 0.29) is 5.91 Å². The van der Waals surface area contributed by atoms with Gasteiger partial charge in [0, 0.05) is 56.5 Å². The minimum absolute atomic E-state index is 0.187. The lowest BCUT2D eigenvalue weighted by atomic mass is 10.0. The van der Waals surface area contributed by atoms with E-state index in [0.29, 0.717) is 28.2 Å². The van der Waals surface area contributed by atoms with Gasteiger partial charge in [-0.2, -0.15) is 0 Å². The monoisotopic (exact) mass is 649 g/mol. The van der Waals surface area contributed by atoms with Crippen molar-refractivity contribution in [2.24, 2.45) is 0 Å². The first-order valence-electron chi connectivity index (χ1n) is 13.2. The third kappa shape index (κ3) is 7.46. The number of piperidine rings is 1. The summed E-state index contributed by atoms with van der Waals surface area (Å²) < 4.78 is 0.827. The topological polar surface area (TPSA) is 51.7 Å². The van der Waals surface area contributed by atoms with Gasteiger partial charge in [-0.3, -0.25) is 14.6 Å². The second kappa shape index (κ2) is 13.2. The molecule has 6 nitrogen and oxygen atoms in total. The molecule has 0 bridgehead atoms. The van der Waals surface area contributed by atoms with E-state index in [1.54, 1.807) is 18.3 Å². The summed E-state index contributed by atoms with van der Waals surface area (Å²) in [5, 5.41) is 4.67. The zero-order chi connectivity index (χ0) is 27.4. The van der Waals surface area contributed by atoms with Gasteiger partial charge in [-0.05, 0) is 83.3 Å². The van der Waals surface area contributed by atoms with E-state index in [1.807, 2.05) is 24.3 Å². The maximum Gasteiger partial charge on any atom is 0.253 e. The van der Waals surface area contributed by atoms with Gasteiger partial charge in [0.05, 0.1) is 20.1 Å². The number of carbonyl (C=O) groups is 1. The molecule has 0 spiro atoms. The van der Waals surface area contributed by atoms with Gasteiger partial charge in [-0.15, -0.1) is 0 Å². The van der Waals surface area contributed by atoms with Gasteiger partial charge in [0.25, 0.3) is 5.91 Å². The minimum atomic E-state index is -0.187. The molecule has 1 aromatic heterocycles. The van der Waals surface area contributed by atoms with Crippen molar-refractivity contribution in [2.45, 2.75) is 32.0 Å². The molecule has 2 saturated heterocycles. The molecule has 0 aliphatic carbocycles. The van der Waals surface area contributed by atoms with Crippen molar-refractivity contribution < 1.29 is 4.79 Å². The Morgan fingerprint density at radius 2 is 1.59 bits per heavy atom. The summed E-state index contributed by atoms with van der Waals surface area (Å²) in [6.45, 7) is 7.45. The highest BCUT2D eigenvalue weighted by molar-refractivity contribution is 9.10. The first-order valence-corrected chi connectivity index (χ1v) is 15.1. The summed E-state index contributed by atoms with van der Waals surface area (Å²) >= 11 is 21.7. The summed E-state index contributed by atoms with van der Waals surface area (Å²) in [5.41, 5.74) is 2.71. The summed E-state index contributed by atoms with van der Waals surface area (Å²) in [4.78, 5) is 24.8. The highest BCUT2D eigenvalue weighted by atomic mass is 79.9. The van der Waals surface area contributed by atoms with E-state index in [1.165, 1.54) is 18.4 Å². The van der Waals surface area contributed by atoms with Gasteiger partial charge in [-0.25, -0.2) is 4.98 Å². The second-order valence-electron chi connectivity index (χ2n) is 10.1. The van der Waals surface area contributed by atoms with E-state index < -0.39 is 0 Å². The number of piperazine rings is 1. The Labute approximate surface area is 253 Å². The maximum absolute atomic E-state index is 12.7. The summed E-state index contributed by atoms with van der Waals surface area (Å²) in [6, 6.07) is 16.0. The fourth-order valence-electron chi connectivity index (χ4n) is 5.31. The van der Waals surface area contributed by atoms with Gasteiger partial charge >= 0.3 is 0 Å². The zero-order valence-electron chi connectivity index (χ0n) is 21.6. The van der Waals surface area contributed by atoms with E-state index >= 15 is 0 Å². The number of halogens is 4. The molecular formula is C29H31BrCl3N5O. The number of hydrogen-bond donors (Lipinski definition) is 1. The molecule has 3 aromatic rings. The number of likely N-dealkylation sites (tertiary alicyclic amines) is 1. The van der Waals surface area contributed by atoms with Gasteiger partial charge in [0.1, 0.15) is 5.82 Å². The highest BCUT2D eigenvalue weighted by Gasteiger charge is 2.28. The smallest absolute Gasteiger partial charge is 0.253 e. The number of carbonyl (C=O) groups excluding carboxylic acids is 1. The lowest BCUT2D eigenvalue weighted by molar-refractivity contribution is 0.0950. The molecule has 206 valence electrons. The van der Waals surface area contributed by atoms with Crippen molar-refractivity contribution in [1.82, 2.24) is 20.1 Å². The van der Waals surface area contributed by atoms with Gasteiger partial charge < -0.3 is 10.2 Å². The average Bonchev–Trinajstić information content (AvgIpc) is 2.95. The van der Waals surface area contributed by atoms with Crippen LogP contribution < -0.4 is 10.2 Å². The van der Waals surface area contributed by atoms with Crippen molar-refractivity contribution in [3.8, 4) is 0 Å². The van der Waals surface area contributed by atoms with Crippen LogP contribution in [0.5, 0.6) is 0 Å². The van der Waals surface area contributed by atoms with Gasteiger partial charge in [-0.1, -0.05) is 53.0 Å². The number of hydrogen-bond acceptors (Lipinski definition) is 5. The van der Waals surface area contributed by atoms with E-state index in [0.717, 1.165) is 66.7 Å². The van der Waals surface area contributed by atoms with Crippen molar-refractivity contribution in [3.63, 3.8) is 0 Å². The molecule has 3 heterocycles. The van der Waals surface area contributed by atoms with Crippen LogP contribution in [0.4, 0.5) is 5.82 Å². The van der Waals surface area contributed by atoms with Crippen LogP contribution in [0.1, 0.15) is 34.3 Å². The predicted molar refractivity (Wildman–Crippen MR) is 163 cm³/mol. The molecule has 0 unspecified atom stereocenters. The normalized spacial score (nSPS) is 17.4. The van der Waals surface area contributed by atoms with Crippen LogP contribution in [0.15, 0.2) is 59.2 Å². The predicted octanol–water partition coefficient (Wildman–Crippen LogP) is 6.52. The third-order valence-corrected chi connectivity index (χ3v) is 9.10. The summed E-state index contributed by atoms with van der Waals surface area (Å²) in [6.07, 6.45) is 4.04. The number of rotatable bonds is 7. The van der Waals surface area contributed by atoms with Crippen molar-refractivity contribution in [3.05, 3.63) is 91.0 Å². The molecule has 2 fully saturated rings. The number of anilines is 1. The highest BCUT2D eigenvalue weighted by Crippen LogP contribution is 2.28. The van der Waals surface area contributed by atoms with Crippen LogP contribution in [0.3, 0.4) is 0 Å². The molecule has 1 N–H and O–H groups in total. The van der Waals surface area contributed by atoms with Crippen LogP contribution in [-0.4, -0.2) is 66.0 Å². The Bertz CT molecular complexity index is 1290. The molecule has 2 aliphatic heterocycles. The van der Waals surface area contributed by atoms with Crippen LogP contribution in [-0.2, 0) is 13.1 Å². The van der Waals surface area contributed by atoms with Crippen molar-refractivity contribution >= 4 is 62.5 Å². The van der Waals surface area contributed by atoms with E-state index in [4.69, 9.17) is 34.8 Å². The Hall–Kier alpha value is -1.87. The summed E-state index contributed by atoms with van der Waals surface area (Å²) in [7, 11) is 0. The van der Waals surface area contributed by atoms with Crippen molar-refractivity contribution in [2.75, 3.05) is 44.2 Å². The number of aromatic nitrogens is 1. The number of nitrogens with zero attached hydrogens (tertiary/aromatic N) is 4. The molecule has 5 rings (SSSR count). The van der Waals surface area contributed by atoms with Crippen LogP contribution in [0, 0.1) is 0 Å². The fraction of sp³-hybridized carbons (Fsp3) is 0.379. The molecule has 39 heavy (non-hydrogen) atoms. The maximum atomic E-state index is 12.7. The minimum Gasteiger partial charge on any atom is -0.353 e. The molecule has 10 heteroatoms. The Morgan fingerprint density at radius 3 is 2.26 bits per heavy atom. The number of nitrogens with one attached hydrogen (secondary N) is 1. The molecule has 0 atom stereocenters. The molecular weight excluding hydrogens is 621 g/mol. The molecule has 1 amide bonds. The Balaban J connectivity index is 1.08. The van der Waals surface area contributed by atoms with Crippen LogP contribution in [0.25, 0.3) is 0 Å². The first-order chi connectivity index (χ1) is 18.9. The standard InChI is InChI=1S/C29H31BrCl3N5O/c30-25-16-22(29(39)35-17-21-3-6-26(32)27(33)15-21)18-34-28(25)38-13-11-37(12-14-38)24-7-9-36(10-8-24)19-20-1-4-23(31)5-2-20/h1-6,15-16,18,24H,7-14,17,19H2,(H,35,39). The lowest BCUT2D eigenvalue weighted by Gasteiger charge is -2.43. The molecule has 0 radical (unpaired) electrons. The van der Waals surface area contributed by atoms with Gasteiger partial charge in [0.2, 0.25) is 0 Å². The van der Waals surface area contributed by atoms with Gasteiger partial charge in [0.15, 0.2) is 0 Å². The van der Waals surface area contributed by atoms with E-state index in [9.17, 15) is 4.79 Å². The Kier molecular flexibility index (Phi) is 9.69. The number of pyridine rings is 1. The molecule has 2 aromatic carbocycles. The first kappa shape index (κ1) is 28.7. The third-order valence-electron chi connectivity index (χ3n) is 7.53. The van der Waals surface area contributed by atoms with E-state index in [2.05, 4.69) is 53.1 Å². The molecule has 2 aliphatic rings. The average molecular weight is 652 g/mol. The molecule has 0 saturated carbocycles. The van der Waals surface area contributed by atoms with Crippen molar-refractivity contribution in [1.29, 1.82) is 0 Å². The van der Waals surface area contributed by atoms with Crippen LogP contribution in [0.2, 0.25) is 15.1 Å². The quantitative estimate of drug-likeness (QED) is 0.315. The Morgan fingerprint density at radius 1 is 0.897 bits per heavy atom. The lowest BCUT2D eigenvalue weighted by Crippen LogP contribution is -2.53.